The summed E-state index contributed by atoms with van der Waals surface area (Å²) in [5.74, 6) is 0.761. The molecule has 8 nitrogen and oxygen atoms in total. The number of oxime groups is 1. The van der Waals surface area contributed by atoms with E-state index in [1.165, 1.54) is 0 Å². The normalized spacial score (nSPS) is 15.9. The molecule has 4 rings (SSSR count). The van der Waals surface area contributed by atoms with Crippen molar-refractivity contribution in [3.8, 4) is 5.69 Å². The topological polar surface area (TPSA) is 86.3 Å². The minimum absolute atomic E-state index is 0.0674. The molecule has 2 aromatic heterocycles. The predicted octanol–water partition coefficient (Wildman–Crippen LogP) is 2.00. The van der Waals surface area contributed by atoms with Crippen LogP contribution in [-0.2, 0) is 16.2 Å². The molecule has 0 radical (unpaired) electrons. The number of carbonyl (C=O) groups is 1. The Labute approximate surface area is 162 Å². The lowest BCUT2D eigenvalue weighted by Gasteiger charge is -2.11. The molecule has 3 aromatic rings. The minimum atomic E-state index is -0.155. The molecule has 0 spiro atoms. The van der Waals surface area contributed by atoms with Gasteiger partial charge in [0.25, 0.3) is 0 Å². The van der Waals surface area contributed by atoms with Gasteiger partial charge in [-0.3, -0.25) is 4.79 Å². The summed E-state index contributed by atoms with van der Waals surface area (Å²) in [6.45, 7) is 4.47. The number of aryl methyl sites for hydroxylation is 2. The first-order valence-corrected chi connectivity index (χ1v) is 9.17. The number of benzene rings is 1. The summed E-state index contributed by atoms with van der Waals surface area (Å²) < 4.78 is 3.78. The summed E-state index contributed by atoms with van der Waals surface area (Å²) in [4.78, 5) is 26.0. The number of carbonyl (C=O) groups excluding carboxylic acids is 1. The number of hydrogen-bond donors (Lipinski definition) is 1. The third kappa shape index (κ3) is 3.95. The number of aromatic nitrogens is 4. The molecular weight excluding hydrogens is 356 g/mol. The first kappa shape index (κ1) is 18.0. The molecule has 1 atom stereocenters. The van der Waals surface area contributed by atoms with Gasteiger partial charge in [0, 0.05) is 30.7 Å². The van der Waals surface area contributed by atoms with E-state index in [0.717, 1.165) is 28.5 Å². The highest BCUT2D eigenvalue weighted by Crippen LogP contribution is 2.18. The molecular formula is C20H22N6O2. The Morgan fingerprint density at radius 3 is 2.79 bits per heavy atom. The van der Waals surface area contributed by atoms with Crippen molar-refractivity contribution in [1.29, 1.82) is 0 Å². The molecule has 1 aromatic carbocycles. The minimum Gasteiger partial charge on any atom is -0.390 e. The van der Waals surface area contributed by atoms with E-state index in [2.05, 4.69) is 20.4 Å². The van der Waals surface area contributed by atoms with Gasteiger partial charge in [-0.1, -0.05) is 17.3 Å². The maximum Gasteiger partial charge on any atom is 0.240 e. The van der Waals surface area contributed by atoms with Crippen LogP contribution in [0.3, 0.4) is 0 Å². The third-order valence-electron chi connectivity index (χ3n) is 4.67. The number of hydrogen-bond acceptors (Lipinski definition) is 5. The first-order valence-electron chi connectivity index (χ1n) is 9.17. The Kier molecular flexibility index (Phi) is 4.92. The Balaban J connectivity index is 1.28. The van der Waals surface area contributed by atoms with Crippen LogP contribution < -0.4 is 5.32 Å². The van der Waals surface area contributed by atoms with Crippen LogP contribution in [-0.4, -0.2) is 43.4 Å². The number of nitrogens with zero attached hydrogens (tertiary/aromatic N) is 5. The zero-order valence-corrected chi connectivity index (χ0v) is 15.9. The van der Waals surface area contributed by atoms with Crippen LogP contribution in [0.15, 0.2) is 54.3 Å². The van der Waals surface area contributed by atoms with Crippen LogP contribution in [0, 0.1) is 13.8 Å². The van der Waals surface area contributed by atoms with Crippen LogP contribution in [0.1, 0.15) is 23.5 Å². The van der Waals surface area contributed by atoms with E-state index < -0.39 is 0 Å². The second-order valence-electron chi connectivity index (χ2n) is 6.85. The monoisotopic (exact) mass is 378 g/mol. The van der Waals surface area contributed by atoms with E-state index in [4.69, 9.17) is 4.84 Å². The summed E-state index contributed by atoms with van der Waals surface area (Å²) in [7, 11) is 0. The Morgan fingerprint density at radius 1 is 1.29 bits per heavy atom. The highest BCUT2D eigenvalue weighted by Gasteiger charge is 2.23. The lowest BCUT2D eigenvalue weighted by Crippen LogP contribution is -2.34. The lowest BCUT2D eigenvalue weighted by atomic mass is 10.0. The molecule has 8 heteroatoms. The van der Waals surface area contributed by atoms with Crippen molar-refractivity contribution < 1.29 is 9.63 Å². The maximum absolute atomic E-state index is 12.2. The molecule has 1 aliphatic rings. The van der Waals surface area contributed by atoms with Crippen LogP contribution in [0.5, 0.6) is 0 Å². The molecule has 1 aliphatic heterocycles. The van der Waals surface area contributed by atoms with Crippen molar-refractivity contribution in [2.24, 2.45) is 5.16 Å². The van der Waals surface area contributed by atoms with Gasteiger partial charge >= 0.3 is 0 Å². The fraction of sp³-hybridized carbons (Fsp3) is 0.300. The van der Waals surface area contributed by atoms with Crippen molar-refractivity contribution in [3.05, 3.63) is 66.3 Å². The van der Waals surface area contributed by atoms with E-state index in [-0.39, 0.29) is 18.6 Å². The average Bonchev–Trinajstić information content (AvgIpc) is 3.42. The summed E-state index contributed by atoms with van der Waals surface area (Å²) in [6.07, 6.45) is 7.78. The average molecular weight is 378 g/mol. The molecule has 0 aliphatic carbocycles. The standard InChI is InChI=1S/C20H22N6O2/c1-14-11-26(15(2)23-14)12-20(27)22-10-18-9-19(24-28-18)16-3-5-17(6-4-16)25-8-7-21-13-25/h3-8,11,13,18H,9-10,12H2,1-2H3,(H,22,27). The molecule has 0 saturated heterocycles. The second-order valence-corrected chi connectivity index (χ2v) is 6.85. The maximum atomic E-state index is 12.2. The first-order chi connectivity index (χ1) is 13.6. The molecule has 144 valence electrons. The number of imidazole rings is 2. The quantitative estimate of drug-likeness (QED) is 0.711. The number of nitrogens with one attached hydrogen (secondary N) is 1. The molecule has 1 unspecified atom stereocenters. The van der Waals surface area contributed by atoms with Gasteiger partial charge in [0.1, 0.15) is 18.5 Å². The largest absolute Gasteiger partial charge is 0.390 e. The number of amides is 1. The molecule has 1 amide bonds. The van der Waals surface area contributed by atoms with E-state index in [9.17, 15) is 4.79 Å². The van der Waals surface area contributed by atoms with Gasteiger partial charge in [-0.2, -0.15) is 0 Å². The smallest absolute Gasteiger partial charge is 0.240 e. The van der Waals surface area contributed by atoms with E-state index in [0.29, 0.717) is 13.0 Å². The summed E-state index contributed by atoms with van der Waals surface area (Å²) in [5, 5.41) is 7.10. The van der Waals surface area contributed by atoms with Crippen molar-refractivity contribution in [2.75, 3.05) is 6.54 Å². The van der Waals surface area contributed by atoms with Crippen molar-refractivity contribution >= 4 is 11.6 Å². The van der Waals surface area contributed by atoms with Crippen molar-refractivity contribution in [1.82, 2.24) is 24.4 Å². The predicted molar refractivity (Wildman–Crippen MR) is 104 cm³/mol. The van der Waals surface area contributed by atoms with Crippen LogP contribution in [0.2, 0.25) is 0 Å². The fourth-order valence-corrected chi connectivity index (χ4v) is 3.21. The molecule has 28 heavy (non-hydrogen) atoms. The van der Waals surface area contributed by atoms with Gasteiger partial charge in [0.2, 0.25) is 5.91 Å². The van der Waals surface area contributed by atoms with E-state index >= 15 is 0 Å². The van der Waals surface area contributed by atoms with Crippen LogP contribution in [0.4, 0.5) is 0 Å². The van der Waals surface area contributed by atoms with Crippen molar-refractivity contribution in [3.63, 3.8) is 0 Å². The zero-order chi connectivity index (χ0) is 19.5. The molecule has 0 saturated carbocycles. The SMILES string of the molecule is Cc1cn(CC(=O)NCC2CC(c3ccc(-n4ccnc4)cc3)=NO2)c(C)n1. The summed E-state index contributed by atoms with van der Waals surface area (Å²) >= 11 is 0. The van der Waals surface area contributed by atoms with Gasteiger partial charge < -0.3 is 19.3 Å². The molecule has 0 bridgehead atoms. The summed E-state index contributed by atoms with van der Waals surface area (Å²) in [5.41, 5.74) is 3.84. The van der Waals surface area contributed by atoms with Gasteiger partial charge in [-0.25, -0.2) is 9.97 Å². The number of rotatable bonds is 6. The Morgan fingerprint density at radius 2 is 2.11 bits per heavy atom. The lowest BCUT2D eigenvalue weighted by molar-refractivity contribution is -0.122. The summed E-state index contributed by atoms with van der Waals surface area (Å²) in [6, 6.07) is 8.07. The highest BCUT2D eigenvalue weighted by atomic mass is 16.6. The zero-order valence-electron chi connectivity index (χ0n) is 15.9. The van der Waals surface area contributed by atoms with E-state index in [1.807, 2.05) is 59.6 Å². The van der Waals surface area contributed by atoms with Crippen LogP contribution >= 0.6 is 0 Å². The molecule has 0 fully saturated rings. The second kappa shape index (κ2) is 7.67. The van der Waals surface area contributed by atoms with Crippen molar-refractivity contribution in [2.45, 2.75) is 32.9 Å². The van der Waals surface area contributed by atoms with E-state index in [1.54, 1.807) is 12.5 Å². The van der Waals surface area contributed by atoms with Gasteiger partial charge in [-0.05, 0) is 31.5 Å². The molecule has 1 N–H and O–H groups in total. The fourth-order valence-electron chi connectivity index (χ4n) is 3.21. The van der Waals surface area contributed by atoms with Gasteiger partial charge in [0.15, 0.2) is 0 Å². The highest BCUT2D eigenvalue weighted by molar-refractivity contribution is 6.01. The van der Waals surface area contributed by atoms with Gasteiger partial charge in [0.05, 0.1) is 24.3 Å². The van der Waals surface area contributed by atoms with Crippen LogP contribution in [0.25, 0.3) is 5.69 Å². The Hall–Kier alpha value is -3.42. The third-order valence-corrected chi connectivity index (χ3v) is 4.67. The Bertz CT molecular complexity index is 988. The molecule has 3 heterocycles. The van der Waals surface area contributed by atoms with Gasteiger partial charge in [-0.15, -0.1) is 0 Å².